The molecule has 0 atom stereocenters. The van der Waals surface area contributed by atoms with Gasteiger partial charge in [-0.25, -0.2) is 4.98 Å². The van der Waals surface area contributed by atoms with Crippen LogP contribution in [-0.2, 0) is 5.75 Å². The van der Waals surface area contributed by atoms with Crippen molar-refractivity contribution in [2.24, 2.45) is 0 Å². The Morgan fingerprint density at radius 2 is 2.17 bits per heavy atom. The Balaban J connectivity index is 1.76. The molecule has 3 rings (SSSR count). The molecule has 4 nitrogen and oxygen atoms in total. The lowest BCUT2D eigenvalue weighted by Gasteiger charge is -2.09. The number of pyridine rings is 1. The quantitative estimate of drug-likeness (QED) is 0.531. The van der Waals surface area contributed by atoms with Crippen molar-refractivity contribution in [2.75, 3.05) is 0 Å². The van der Waals surface area contributed by atoms with Gasteiger partial charge in [-0.05, 0) is 30.7 Å². The van der Waals surface area contributed by atoms with Gasteiger partial charge in [-0.2, -0.15) is 0 Å². The summed E-state index contributed by atoms with van der Waals surface area (Å²) in [7, 11) is 0. The molecule has 0 saturated carbocycles. The second kappa shape index (κ2) is 6.33. The normalized spacial score (nSPS) is 11.8. The van der Waals surface area contributed by atoms with Gasteiger partial charge in [-0.3, -0.25) is 4.98 Å². The Labute approximate surface area is 140 Å². The molecule has 8 heteroatoms. The second-order valence-electron chi connectivity index (χ2n) is 4.82. The van der Waals surface area contributed by atoms with E-state index in [0.29, 0.717) is 21.9 Å². The second-order valence-corrected chi connectivity index (χ2v) is 6.23. The molecule has 0 fully saturated rings. The molecule has 0 spiro atoms. The van der Waals surface area contributed by atoms with Gasteiger partial charge < -0.3 is 9.72 Å². The zero-order valence-electron chi connectivity index (χ0n) is 12.0. The maximum atomic E-state index is 12.7. The van der Waals surface area contributed by atoms with Crippen LogP contribution in [0.2, 0.25) is 0 Å². The zero-order chi connectivity index (χ0) is 16.4. The first kappa shape index (κ1) is 16.0. The number of alkyl halides is 3. The molecule has 120 valence electrons. The molecule has 0 aliphatic carbocycles. The summed E-state index contributed by atoms with van der Waals surface area (Å²) < 4.78 is 29.7. The molecule has 3 aromatic rings. The van der Waals surface area contributed by atoms with E-state index in [9.17, 15) is 8.78 Å². The lowest BCUT2D eigenvalue weighted by atomic mass is 10.2. The fraction of sp³-hybridized carbons (Fsp3) is 0.200. The van der Waals surface area contributed by atoms with E-state index >= 15 is 0 Å². The van der Waals surface area contributed by atoms with Crippen molar-refractivity contribution in [3.63, 3.8) is 0 Å². The van der Waals surface area contributed by atoms with Crippen molar-refractivity contribution < 1.29 is 13.5 Å². The maximum absolute atomic E-state index is 12.7. The lowest BCUT2D eigenvalue weighted by molar-refractivity contribution is -0.0964. The molecular formula is C15H12ClF2N3OS. The summed E-state index contributed by atoms with van der Waals surface area (Å²) in [5.74, 6) is 0.633. The number of ether oxygens (including phenoxy) is 1. The Bertz CT molecular complexity index is 835. The number of nitrogens with zero attached hydrogens (tertiary/aromatic N) is 2. The summed E-state index contributed by atoms with van der Waals surface area (Å²) >= 11 is 6.25. The average molecular weight is 356 g/mol. The molecule has 2 aromatic heterocycles. The van der Waals surface area contributed by atoms with Crippen LogP contribution < -0.4 is 4.74 Å². The minimum absolute atomic E-state index is 0.0294. The summed E-state index contributed by atoms with van der Waals surface area (Å²) in [6.07, 6.45) is 1.75. The molecule has 2 heterocycles. The summed E-state index contributed by atoms with van der Waals surface area (Å²) in [4.78, 5) is 11.8. The van der Waals surface area contributed by atoms with Gasteiger partial charge in [0.15, 0.2) is 5.16 Å². The van der Waals surface area contributed by atoms with Crippen LogP contribution in [0.3, 0.4) is 0 Å². The molecule has 0 aliphatic rings. The maximum Gasteiger partial charge on any atom is 0.487 e. The van der Waals surface area contributed by atoms with E-state index in [-0.39, 0.29) is 5.75 Å². The fourth-order valence-electron chi connectivity index (χ4n) is 2.04. The predicted octanol–water partition coefficient (Wildman–Crippen LogP) is 4.73. The van der Waals surface area contributed by atoms with Gasteiger partial charge >= 0.3 is 5.57 Å². The van der Waals surface area contributed by atoms with Crippen LogP contribution in [0.5, 0.6) is 5.75 Å². The highest BCUT2D eigenvalue weighted by Gasteiger charge is 2.27. The summed E-state index contributed by atoms with van der Waals surface area (Å²) in [5, 5.41) is 0.680. The SMILES string of the molecule is Cc1cccnc1CSc1nc2ccc(OC(F)(F)Cl)cc2[nH]1. The molecule has 1 aromatic carbocycles. The van der Waals surface area contributed by atoms with Gasteiger partial charge in [0.05, 0.1) is 16.7 Å². The zero-order valence-corrected chi connectivity index (χ0v) is 13.6. The molecule has 1 N–H and O–H groups in total. The third-order valence-electron chi connectivity index (χ3n) is 3.13. The number of imidazole rings is 1. The van der Waals surface area contributed by atoms with E-state index in [2.05, 4.69) is 19.7 Å². The molecular weight excluding hydrogens is 344 g/mol. The number of nitrogens with one attached hydrogen (secondary N) is 1. The minimum atomic E-state index is -3.73. The Morgan fingerprint density at radius 1 is 1.35 bits per heavy atom. The van der Waals surface area contributed by atoms with Crippen molar-refractivity contribution in [1.29, 1.82) is 0 Å². The smallest absolute Gasteiger partial charge is 0.420 e. The third-order valence-corrected chi connectivity index (χ3v) is 4.09. The number of halogens is 3. The van der Waals surface area contributed by atoms with Crippen LogP contribution in [0.15, 0.2) is 41.7 Å². The van der Waals surface area contributed by atoms with Crippen molar-refractivity contribution in [1.82, 2.24) is 15.0 Å². The Morgan fingerprint density at radius 3 is 2.91 bits per heavy atom. The number of aromatic nitrogens is 3. The number of aryl methyl sites for hydroxylation is 1. The summed E-state index contributed by atoms with van der Waals surface area (Å²) in [6, 6.07) is 8.32. The van der Waals surface area contributed by atoms with Gasteiger partial charge in [0.2, 0.25) is 0 Å². The van der Waals surface area contributed by atoms with Crippen LogP contribution >= 0.6 is 23.4 Å². The number of rotatable bonds is 5. The molecule has 0 radical (unpaired) electrons. The van der Waals surface area contributed by atoms with E-state index in [4.69, 9.17) is 11.6 Å². The van der Waals surface area contributed by atoms with Gasteiger partial charge in [-0.1, -0.05) is 17.8 Å². The standard InChI is InChI=1S/C15H12ClF2N3OS/c1-9-3-2-6-19-13(9)8-23-14-20-11-5-4-10(7-12(11)21-14)22-15(16,17)18/h2-7H,8H2,1H3,(H,20,21). The first-order valence-corrected chi connectivity index (χ1v) is 8.06. The molecule has 0 unspecified atom stereocenters. The van der Waals surface area contributed by atoms with Crippen LogP contribution in [0.25, 0.3) is 11.0 Å². The molecule has 0 bridgehead atoms. The Kier molecular flexibility index (Phi) is 4.41. The van der Waals surface area contributed by atoms with Crippen LogP contribution in [0.1, 0.15) is 11.3 Å². The van der Waals surface area contributed by atoms with E-state index < -0.39 is 5.57 Å². The summed E-state index contributed by atoms with van der Waals surface area (Å²) in [6.45, 7) is 2.00. The first-order chi connectivity index (χ1) is 10.9. The van der Waals surface area contributed by atoms with Crippen molar-refractivity contribution in [3.8, 4) is 5.75 Å². The van der Waals surface area contributed by atoms with E-state index in [1.807, 2.05) is 19.1 Å². The highest BCUT2D eigenvalue weighted by atomic mass is 35.5. The predicted molar refractivity (Wildman–Crippen MR) is 86.1 cm³/mol. The van der Waals surface area contributed by atoms with Crippen molar-refractivity contribution in [3.05, 3.63) is 47.8 Å². The topological polar surface area (TPSA) is 50.8 Å². The molecule has 0 amide bonds. The van der Waals surface area contributed by atoms with Gasteiger partial charge in [0.25, 0.3) is 0 Å². The van der Waals surface area contributed by atoms with Crippen molar-refractivity contribution >= 4 is 34.4 Å². The average Bonchev–Trinajstić information content (AvgIpc) is 2.87. The number of fused-ring (bicyclic) bond motifs is 1. The first-order valence-electron chi connectivity index (χ1n) is 6.69. The molecule has 0 aliphatic heterocycles. The lowest BCUT2D eigenvalue weighted by Crippen LogP contribution is -2.15. The van der Waals surface area contributed by atoms with Crippen LogP contribution in [0, 0.1) is 6.92 Å². The number of hydrogen-bond donors (Lipinski definition) is 1. The van der Waals surface area contributed by atoms with Gasteiger partial charge in [0.1, 0.15) is 5.75 Å². The van der Waals surface area contributed by atoms with Gasteiger partial charge in [0, 0.05) is 29.6 Å². The highest BCUT2D eigenvalue weighted by Crippen LogP contribution is 2.29. The van der Waals surface area contributed by atoms with Crippen molar-refractivity contribution in [2.45, 2.75) is 23.4 Å². The number of benzene rings is 1. The van der Waals surface area contributed by atoms with E-state index in [1.54, 1.807) is 12.3 Å². The van der Waals surface area contributed by atoms with Gasteiger partial charge in [-0.15, -0.1) is 8.78 Å². The monoisotopic (exact) mass is 355 g/mol. The number of thioether (sulfide) groups is 1. The number of H-pyrrole nitrogens is 1. The highest BCUT2D eigenvalue weighted by molar-refractivity contribution is 7.98. The molecule has 0 saturated heterocycles. The third kappa shape index (κ3) is 4.11. The van der Waals surface area contributed by atoms with Crippen LogP contribution in [-0.4, -0.2) is 20.5 Å². The van der Waals surface area contributed by atoms with E-state index in [0.717, 1.165) is 11.3 Å². The minimum Gasteiger partial charge on any atom is -0.420 e. The summed E-state index contributed by atoms with van der Waals surface area (Å²) in [5.41, 5.74) is -0.388. The Hall–Kier alpha value is -1.86. The van der Waals surface area contributed by atoms with E-state index in [1.165, 1.54) is 23.9 Å². The molecule has 23 heavy (non-hydrogen) atoms. The number of aromatic amines is 1. The number of hydrogen-bond acceptors (Lipinski definition) is 4. The van der Waals surface area contributed by atoms with Crippen LogP contribution in [0.4, 0.5) is 8.78 Å². The largest absolute Gasteiger partial charge is 0.487 e. The fourth-order valence-corrected chi connectivity index (χ4v) is 3.05.